The maximum atomic E-state index is 17.2. The lowest BCUT2D eigenvalue weighted by atomic mass is 9.44. The summed E-state index contributed by atoms with van der Waals surface area (Å²) in [5, 5.41) is 25.1. The zero-order valence-electron chi connectivity index (χ0n) is 21.4. The number of hydrogen-bond acceptors (Lipinski definition) is 6. The molecule has 0 radical (unpaired) electrons. The Balaban J connectivity index is 1.26. The predicted octanol–water partition coefficient (Wildman–Crippen LogP) is 5.22. The van der Waals surface area contributed by atoms with Crippen LogP contribution in [0.25, 0.3) is 10.9 Å². The number of nitrogens with zero attached hydrogens (tertiary/aromatic N) is 1. The second kappa shape index (κ2) is 8.45. The standard InChI is InChI=1S/C30H34FNO4S/c1-27-13-11-20(33)15-19(27)8-9-22-21-12-14-29(36,28(21,2)16-24(34)30(22,27)31)25(35)17-37-26-10-7-18-5-3-4-6-23(18)32-26/h3-7,10,15,21-22,24,34,36H,8-9,11-14,16-17H2,1-2H3/t21?,22?,24-,27?,28?,29-,30-/m0/s1. The Labute approximate surface area is 220 Å². The molecule has 1 aromatic carbocycles. The van der Waals surface area contributed by atoms with E-state index in [1.54, 1.807) is 6.08 Å². The molecule has 196 valence electrons. The van der Waals surface area contributed by atoms with Crippen LogP contribution in [0.15, 0.2) is 53.1 Å². The van der Waals surface area contributed by atoms with Crippen molar-refractivity contribution in [1.82, 2.24) is 4.98 Å². The Morgan fingerprint density at radius 2 is 1.89 bits per heavy atom. The van der Waals surface area contributed by atoms with Crippen molar-refractivity contribution < 1.29 is 24.2 Å². The minimum atomic E-state index is -1.87. The third kappa shape index (κ3) is 3.39. The van der Waals surface area contributed by atoms with Crippen LogP contribution in [0.2, 0.25) is 0 Å². The molecule has 0 spiro atoms. The van der Waals surface area contributed by atoms with Crippen LogP contribution < -0.4 is 0 Å². The molecule has 1 aromatic heterocycles. The number of para-hydroxylation sites is 1. The lowest BCUT2D eigenvalue weighted by Gasteiger charge is -2.63. The molecule has 0 aliphatic heterocycles. The van der Waals surface area contributed by atoms with E-state index in [9.17, 15) is 19.8 Å². The highest BCUT2D eigenvalue weighted by Gasteiger charge is 2.74. The van der Waals surface area contributed by atoms with E-state index in [1.807, 2.05) is 50.2 Å². The van der Waals surface area contributed by atoms with Crippen LogP contribution in [0.4, 0.5) is 4.39 Å². The van der Waals surface area contributed by atoms with E-state index in [4.69, 9.17) is 0 Å². The number of fused-ring (bicyclic) bond motifs is 6. The van der Waals surface area contributed by atoms with Crippen LogP contribution in [0, 0.1) is 22.7 Å². The summed E-state index contributed by atoms with van der Waals surface area (Å²) in [7, 11) is 0. The van der Waals surface area contributed by atoms with Gasteiger partial charge in [-0.1, -0.05) is 55.4 Å². The molecule has 4 aliphatic carbocycles. The molecule has 7 atom stereocenters. The number of ketones is 2. The Hall–Kier alpha value is -2.09. The molecule has 1 heterocycles. The van der Waals surface area contributed by atoms with Gasteiger partial charge in [-0.05, 0) is 62.7 Å². The highest BCUT2D eigenvalue weighted by molar-refractivity contribution is 7.99. The van der Waals surface area contributed by atoms with Crippen molar-refractivity contribution in [3.05, 3.63) is 48.0 Å². The molecule has 37 heavy (non-hydrogen) atoms. The number of benzene rings is 1. The Bertz CT molecular complexity index is 1330. The minimum Gasteiger partial charge on any atom is -0.390 e. The van der Waals surface area contributed by atoms with E-state index >= 15 is 4.39 Å². The molecule has 5 nitrogen and oxygen atoms in total. The van der Waals surface area contributed by atoms with Gasteiger partial charge in [0.2, 0.25) is 0 Å². The van der Waals surface area contributed by atoms with Gasteiger partial charge in [0.05, 0.1) is 22.4 Å². The number of pyridine rings is 1. The maximum absolute atomic E-state index is 17.2. The van der Waals surface area contributed by atoms with Crippen molar-refractivity contribution in [2.24, 2.45) is 22.7 Å². The number of aliphatic hydroxyl groups is 2. The van der Waals surface area contributed by atoms with E-state index in [2.05, 4.69) is 4.98 Å². The fourth-order valence-electron chi connectivity index (χ4n) is 8.42. The molecule has 4 unspecified atom stereocenters. The van der Waals surface area contributed by atoms with Crippen molar-refractivity contribution in [2.75, 3.05) is 5.75 Å². The minimum absolute atomic E-state index is 0.0304. The second-order valence-corrected chi connectivity index (χ2v) is 13.1. The van der Waals surface area contributed by atoms with Crippen molar-refractivity contribution in [3.8, 4) is 0 Å². The van der Waals surface area contributed by atoms with E-state index < -0.39 is 34.1 Å². The zero-order valence-corrected chi connectivity index (χ0v) is 22.2. The summed E-state index contributed by atoms with van der Waals surface area (Å²) in [6.07, 6.45) is 2.96. The zero-order chi connectivity index (χ0) is 26.2. The van der Waals surface area contributed by atoms with Gasteiger partial charge in [-0.3, -0.25) is 9.59 Å². The second-order valence-electron chi connectivity index (χ2n) is 12.1. The molecule has 0 amide bonds. The number of hydrogen-bond donors (Lipinski definition) is 2. The summed E-state index contributed by atoms with van der Waals surface area (Å²) < 4.78 is 17.2. The van der Waals surface area contributed by atoms with Crippen molar-refractivity contribution in [3.63, 3.8) is 0 Å². The normalized spacial score (nSPS) is 41.1. The van der Waals surface area contributed by atoms with Gasteiger partial charge in [0, 0.05) is 28.6 Å². The summed E-state index contributed by atoms with van der Waals surface area (Å²) in [4.78, 5) is 30.3. The van der Waals surface area contributed by atoms with Gasteiger partial charge >= 0.3 is 0 Å². The number of halogens is 1. The van der Waals surface area contributed by atoms with E-state index in [0.717, 1.165) is 16.5 Å². The third-order valence-electron chi connectivity index (χ3n) is 10.6. The molecule has 2 aromatic rings. The fraction of sp³-hybridized carbons (Fsp3) is 0.567. The van der Waals surface area contributed by atoms with Gasteiger partial charge in [0.25, 0.3) is 0 Å². The number of allylic oxidation sites excluding steroid dienone is 1. The number of thioether (sulfide) groups is 1. The summed E-state index contributed by atoms with van der Waals surface area (Å²) >= 11 is 1.31. The topological polar surface area (TPSA) is 87.5 Å². The van der Waals surface area contributed by atoms with Crippen LogP contribution in [0.1, 0.15) is 58.8 Å². The van der Waals surface area contributed by atoms with Gasteiger partial charge < -0.3 is 10.2 Å². The number of aliphatic hydroxyl groups excluding tert-OH is 1. The van der Waals surface area contributed by atoms with Crippen LogP contribution in [-0.4, -0.2) is 49.9 Å². The number of carbonyl (C=O) groups is 2. The first kappa shape index (κ1) is 25.2. The van der Waals surface area contributed by atoms with Gasteiger partial charge in [-0.2, -0.15) is 0 Å². The molecule has 6 rings (SSSR count). The Kier molecular flexibility index (Phi) is 5.76. The van der Waals surface area contributed by atoms with Gasteiger partial charge in [-0.15, -0.1) is 0 Å². The monoisotopic (exact) mass is 523 g/mol. The summed E-state index contributed by atoms with van der Waals surface area (Å²) in [6, 6.07) is 11.6. The van der Waals surface area contributed by atoms with Crippen LogP contribution in [0.5, 0.6) is 0 Å². The Morgan fingerprint density at radius 1 is 1.11 bits per heavy atom. The quantitative estimate of drug-likeness (QED) is 0.534. The first-order chi connectivity index (χ1) is 17.5. The highest BCUT2D eigenvalue weighted by Crippen LogP contribution is 2.70. The summed E-state index contributed by atoms with van der Waals surface area (Å²) in [5.41, 5.74) is -3.64. The van der Waals surface area contributed by atoms with E-state index in [-0.39, 0.29) is 42.5 Å². The number of rotatable bonds is 4. The average molecular weight is 524 g/mol. The molecule has 3 fully saturated rings. The largest absolute Gasteiger partial charge is 0.390 e. The molecule has 2 N–H and O–H groups in total. The first-order valence-electron chi connectivity index (χ1n) is 13.4. The molecule has 0 bridgehead atoms. The molecule has 7 heteroatoms. The van der Waals surface area contributed by atoms with Gasteiger partial charge in [0.15, 0.2) is 11.6 Å². The molecule has 4 aliphatic rings. The maximum Gasteiger partial charge on any atom is 0.175 e. The lowest BCUT2D eigenvalue weighted by molar-refractivity contribution is -0.225. The number of Topliss-reactive ketones (excluding diaryl/α,β-unsaturated/α-hetero) is 1. The average Bonchev–Trinajstić information content (AvgIpc) is 3.15. The number of aromatic nitrogens is 1. The van der Waals surface area contributed by atoms with E-state index in [1.165, 1.54) is 11.8 Å². The third-order valence-corrected chi connectivity index (χ3v) is 11.5. The highest BCUT2D eigenvalue weighted by atomic mass is 32.2. The van der Waals surface area contributed by atoms with Crippen LogP contribution in [0.3, 0.4) is 0 Å². The summed E-state index contributed by atoms with van der Waals surface area (Å²) in [6.45, 7) is 3.74. The van der Waals surface area contributed by atoms with Gasteiger partial charge in [-0.25, -0.2) is 9.37 Å². The van der Waals surface area contributed by atoms with Crippen molar-refractivity contribution in [2.45, 2.75) is 81.2 Å². The van der Waals surface area contributed by atoms with Crippen molar-refractivity contribution >= 4 is 34.2 Å². The number of carbonyl (C=O) groups excluding carboxylic acids is 2. The SMILES string of the molecule is CC12C[C@H](O)[C@@]3(F)C(CCC4=CC(=O)CCC43C)C1CC[C@]2(O)C(=O)CSc1ccc2ccccc2n1. The van der Waals surface area contributed by atoms with Crippen molar-refractivity contribution in [1.29, 1.82) is 0 Å². The molecule has 0 saturated heterocycles. The van der Waals surface area contributed by atoms with E-state index in [0.29, 0.717) is 30.7 Å². The number of alkyl halides is 1. The molecule has 3 saturated carbocycles. The smallest absolute Gasteiger partial charge is 0.175 e. The lowest BCUT2D eigenvalue weighted by Crippen LogP contribution is -2.69. The first-order valence-corrected chi connectivity index (χ1v) is 14.4. The van der Waals surface area contributed by atoms with Crippen LogP contribution in [-0.2, 0) is 9.59 Å². The van der Waals surface area contributed by atoms with Gasteiger partial charge in [0.1, 0.15) is 11.3 Å². The molecular formula is C30H34FNO4S. The van der Waals surface area contributed by atoms with Crippen LogP contribution >= 0.6 is 11.8 Å². The Morgan fingerprint density at radius 3 is 2.70 bits per heavy atom. The molecular weight excluding hydrogens is 489 g/mol. The fourth-order valence-corrected chi connectivity index (χ4v) is 9.26. The predicted molar refractivity (Wildman–Crippen MR) is 141 cm³/mol. The summed E-state index contributed by atoms with van der Waals surface area (Å²) in [5.74, 6) is -0.855.